The average Bonchev–Trinajstić information content (AvgIpc) is 2.92. The van der Waals surface area contributed by atoms with Crippen molar-refractivity contribution in [2.45, 2.75) is 13.0 Å². The Labute approximate surface area is 201 Å². The second-order valence-corrected chi connectivity index (χ2v) is 9.35. The SMILES string of the molecule is N#Cc1c(N2CCNCC2)nc(N2CCNCC2)c2c1CN(c1cccc3ccccc13)CC2. The number of piperazine rings is 2. The minimum Gasteiger partial charge on any atom is -0.366 e. The Balaban J connectivity index is 1.46. The third-order valence-corrected chi connectivity index (χ3v) is 7.40. The van der Waals surface area contributed by atoms with E-state index >= 15 is 0 Å². The van der Waals surface area contributed by atoms with Crippen LogP contribution >= 0.6 is 0 Å². The number of nitriles is 1. The molecule has 7 heteroatoms. The lowest BCUT2D eigenvalue weighted by atomic mass is 9.94. The second kappa shape index (κ2) is 9.13. The second-order valence-electron chi connectivity index (χ2n) is 9.35. The molecule has 4 heterocycles. The molecule has 3 aromatic rings. The largest absolute Gasteiger partial charge is 0.366 e. The molecule has 1 aromatic heterocycles. The van der Waals surface area contributed by atoms with Gasteiger partial charge in [-0.3, -0.25) is 0 Å². The average molecular weight is 454 g/mol. The van der Waals surface area contributed by atoms with Crippen LogP contribution in [0.15, 0.2) is 42.5 Å². The van der Waals surface area contributed by atoms with E-state index in [1.54, 1.807) is 0 Å². The Kier molecular flexibility index (Phi) is 5.69. The summed E-state index contributed by atoms with van der Waals surface area (Å²) >= 11 is 0. The highest BCUT2D eigenvalue weighted by atomic mass is 15.3. The molecule has 0 atom stereocenters. The molecule has 34 heavy (non-hydrogen) atoms. The van der Waals surface area contributed by atoms with Crippen molar-refractivity contribution >= 4 is 28.1 Å². The third kappa shape index (κ3) is 3.73. The van der Waals surface area contributed by atoms with E-state index in [0.717, 1.165) is 89.1 Å². The maximum absolute atomic E-state index is 10.4. The van der Waals surface area contributed by atoms with Crippen LogP contribution in [0.4, 0.5) is 17.3 Å². The first-order valence-electron chi connectivity index (χ1n) is 12.4. The van der Waals surface area contributed by atoms with Gasteiger partial charge in [0.1, 0.15) is 17.7 Å². The molecule has 174 valence electrons. The molecule has 0 bridgehead atoms. The number of hydrogen-bond donors (Lipinski definition) is 2. The van der Waals surface area contributed by atoms with Crippen LogP contribution in [0.2, 0.25) is 0 Å². The summed E-state index contributed by atoms with van der Waals surface area (Å²) in [6.45, 7) is 9.15. The lowest BCUT2D eigenvalue weighted by Gasteiger charge is -2.38. The monoisotopic (exact) mass is 453 g/mol. The van der Waals surface area contributed by atoms with Crippen LogP contribution in [0.5, 0.6) is 0 Å². The van der Waals surface area contributed by atoms with Gasteiger partial charge in [0.15, 0.2) is 0 Å². The smallest absolute Gasteiger partial charge is 0.149 e. The van der Waals surface area contributed by atoms with E-state index in [2.05, 4.69) is 73.9 Å². The van der Waals surface area contributed by atoms with E-state index in [9.17, 15) is 5.26 Å². The Morgan fingerprint density at radius 2 is 1.41 bits per heavy atom. The number of anilines is 3. The number of nitrogens with zero attached hydrogens (tertiary/aromatic N) is 5. The summed E-state index contributed by atoms with van der Waals surface area (Å²) in [5, 5.41) is 19.8. The van der Waals surface area contributed by atoms with Gasteiger partial charge in [0.05, 0.1) is 5.56 Å². The molecule has 7 nitrogen and oxygen atoms in total. The number of fused-ring (bicyclic) bond motifs is 2. The van der Waals surface area contributed by atoms with Gasteiger partial charge in [-0.1, -0.05) is 36.4 Å². The number of pyridine rings is 1. The standard InChI is InChI=1S/C27H31N7/c28-18-23-24-19-34(25-7-3-5-20-4-1-2-6-21(20)25)13-8-22(24)26(32-14-9-29-10-15-32)31-27(23)33-16-11-30-12-17-33/h1-7,29-30H,8-17,19H2. The van der Waals surface area contributed by atoms with Crippen molar-refractivity contribution < 1.29 is 0 Å². The van der Waals surface area contributed by atoms with Gasteiger partial charge < -0.3 is 25.3 Å². The number of aromatic nitrogens is 1. The summed E-state index contributed by atoms with van der Waals surface area (Å²) in [6, 6.07) is 17.7. The van der Waals surface area contributed by atoms with Crippen molar-refractivity contribution in [3.8, 4) is 6.07 Å². The minimum absolute atomic E-state index is 0.743. The predicted molar refractivity (Wildman–Crippen MR) is 138 cm³/mol. The number of hydrogen-bond acceptors (Lipinski definition) is 7. The van der Waals surface area contributed by atoms with E-state index in [4.69, 9.17) is 4.98 Å². The molecule has 0 saturated carbocycles. The van der Waals surface area contributed by atoms with Crippen molar-refractivity contribution in [2.24, 2.45) is 0 Å². The molecule has 0 spiro atoms. The zero-order valence-electron chi connectivity index (χ0n) is 19.6. The van der Waals surface area contributed by atoms with Crippen LogP contribution in [0.3, 0.4) is 0 Å². The molecule has 3 aliphatic rings. The number of benzene rings is 2. The fourth-order valence-corrected chi connectivity index (χ4v) is 5.65. The topological polar surface area (TPSA) is 70.5 Å². The van der Waals surface area contributed by atoms with Crippen molar-refractivity contribution in [2.75, 3.05) is 73.6 Å². The quantitative estimate of drug-likeness (QED) is 0.631. The van der Waals surface area contributed by atoms with Crippen LogP contribution in [0, 0.1) is 11.3 Å². The van der Waals surface area contributed by atoms with Gasteiger partial charge >= 0.3 is 0 Å². The van der Waals surface area contributed by atoms with Gasteiger partial charge in [-0.15, -0.1) is 0 Å². The van der Waals surface area contributed by atoms with E-state index in [0.29, 0.717) is 0 Å². The van der Waals surface area contributed by atoms with Crippen molar-refractivity contribution in [1.29, 1.82) is 5.26 Å². The molecule has 6 rings (SSSR count). The summed E-state index contributed by atoms with van der Waals surface area (Å²) in [6.07, 6.45) is 0.904. The van der Waals surface area contributed by atoms with Crippen molar-refractivity contribution in [1.82, 2.24) is 15.6 Å². The fourth-order valence-electron chi connectivity index (χ4n) is 5.65. The van der Waals surface area contributed by atoms with Crippen LogP contribution in [0.1, 0.15) is 16.7 Å². The Bertz CT molecular complexity index is 1230. The number of nitrogens with one attached hydrogen (secondary N) is 2. The van der Waals surface area contributed by atoms with Gasteiger partial charge in [0.2, 0.25) is 0 Å². The number of rotatable bonds is 3. The van der Waals surface area contributed by atoms with Gasteiger partial charge in [-0.05, 0) is 23.4 Å². The maximum atomic E-state index is 10.4. The van der Waals surface area contributed by atoms with Gasteiger partial charge in [-0.25, -0.2) is 4.98 Å². The summed E-state index contributed by atoms with van der Waals surface area (Å²) in [7, 11) is 0. The molecule has 2 aromatic carbocycles. The van der Waals surface area contributed by atoms with E-state index in [1.807, 2.05) is 0 Å². The third-order valence-electron chi connectivity index (χ3n) is 7.40. The highest BCUT2D eigenvalue weighted by Crippen LogP contribution is 2.38. The lowest BCUT2D eigenvalue weighted by Crippen LogP contribution is -2.46. The molecule has 2 fully saturated rings. The lowest BCUT2D eigenvalue weighted by molar-refractivity contribution is 0.572. The fraction of sp³-hybridized carbons (Fsp3) is 0.407. The van der Waals surface area contributed by atoms with Gasteiger partial charge in [0.25, 0.3) is 0 Å². The minimum atomic E-state index is 0.743. The summed E-state index contributed by atoms with van der Waals surface area (Å²) in [5.74, 6) is 1.97. The van der Waals surface area contributed by atoms with Crippen LogP contribution < -0.4 is 25.3 Å². The molecular weight excluding hydrogens is 422 g/mol. The van der Waals surface area contributed by atoms with E-state index in [-0.39, 0.29) is 0 Å². The van der Waals surface area contributed by atoms with E-state index < -0.39 is 0 Å². The zero-order valence-corrected chi connectivity index (χ0v) is 19.6. The summed E-state index contributed by atoms with van der Waals surface area (Å²) in [4.78, 5) is 12.4. The maximum Gasteiger partial charge on any atom is 0.149 e. The van der Waals surface area contributed by atoms with Gasteiger partial charge in [-0.2, -0.15) is 5.26 Å². The molecule has 3 aliphatic heterocycles. The Morgan fingerprint density at radius 1 is 0.735 bits per heavy atom. The Morgan fingerprint density at radius 3 is 2.15 bits per heavy atom. The van der Waals surface area contributed by atoms with Crippen LogP contribution in [-0.4, -0.2) is 63.9 Å². The first-order chi connectivity index (χ1) is 16.8. The normalized spacial score (nSPS) is 18.6. The van der Waals surface area contributed by atoms with E-state index in [1.165, 1.54) is 27.6 Å². The highest BCUT2D eigenvalue weighted by molar-refractivity contribution is 5.94. The molecule has 2 N–H and O–H groups in total. The molecule has 0 radical (unpaired) electrons. The molecule has 0 aliphatic carbocycles. The van der Waals surface area contributed by atoms with Crippen molar-refractivity contribution in [3.05, 3.63) is 59.2 Å². The molecule has 0 amide bonds. The van der Waals surface area contributed by atoms with Crippen LogP contribution in [0.25, 0.3) is 10.8 Å². The first-order valence-corrected chi connectivity index (χ1v) is 12.4. The van der Waals surface area contributed by atoms with Gasteiger partial charge in [0, 0.05) is 82.1 Å². The molecule has 0 unspecified atom stereocenters. The highest BCUT2D eigenvalue weighted by Gasteiger charge is 2.31. The first kappa shape index (κ1) is 21.2. The van der Waals surface area contributed by atoms with Crippen LogP contribution in [-0.2, 0) is 13.0 Å². The summed E-state index contributed by atoms with van der Waals surface area (Å²) < 4.78 is 0. The zero-order chi connectivity index (χ0) is 22.9. The van der Waals surface area contributed by atoms with Crippen molar-refractivity contribution in [3.63, 3.8) is 0 Å². The summed E-state index contributed by atoms with van der Waals surface area (Å²) in [5.41, 5.74) is 4.45. The predicted octanol–water partition coefficient (Wildman–Crippen LogP) is 2.49. The Hall–Kier alpha value is -3.34. The molecular formula is C27H31N7. The molecule has 2 saturated heterocycles.